The highest BCUT2D eigenvalue weighted by molar-refractivity contribution is 8.00. The summed E-state index contributed by atoms with van der Waals surface area (Å²) in [6.45, 7) is 3.89. The van der Waals surface area contributed by atoms with Crippen molar-refractivity contribution in [3.8, 4) is 11.8 Å². The van der Waals surface area contributed by atoms with E-state index in [4.69, 9.17) is 4.74 Å². The fourth-order valence-corrected chi connectivity index (χ4v) is 3.80. The maximum atomic E-state index is 12.4. The van der Waals surface area contributed by atoms with Gasteiger partial charge in [0.25, 0.3) is 0 Å². The Morgan fingerprint density at radius 3 is 2.84 bits per heavy atom. The number of piperidine rings is 1. The van der Waals surface area contributed by atoms with Crippen LogP contribution >= 0.6 is 11.8 Å². The Labute approximate surface area is 152 Å². The van der Waals surface area contributed by atoms with Crippen molar-refractivity contribution in [3.63, 3.8) is 0 Å². The highest BCUT2D eigenvalue weighted by Crippen LogP contribution is 2.27. The number of hydrogen-bond acceptors (Lipinski definition) is 5. The molecule has 2 aromatic rings. The highest BCUT2D eigenvalue weighted by Gasteiger charge is 2.21. The van der Waals surface area contributed by atoms with Gasteiger partial charge in [-0.3, -0.25) is 4.79 Å². The third kappa shape index (κ3) is 4.05. The van der Waals surface area contributed by atoms with Gasteiger partial charge in [-0.25, -0.2) is 4.98 Å². The molecule has 0 saturated carbocycles. The zero-order chi connectivity index (χ0) is 17.8. The number of likely N-dealkylation sites (tertiary alicyclic amines) is 1. The van der Waals surface area contributed by atoms with E-state index in [9.17, 15) is 10.1 Å². The first-order valence-electron chi connectivity index (χ1n) is 8.40. The monoisotopic (exact) mass is 355 g/mol. The maximum absolute atomic E-state index is 12.4. The molecule has 0 spiro atoms. The molecule has 3 rings (SSSR count). The summed E-state index contributed by atoms with van der Waals surface area (Å²) in [4.78, 5) is 18.9. The summed E-state index contributed by atoms with van der Waals surface area (Å²) < 4.78 is 5.21. The molecule has 0 aliphatic carbocycles. The lowest BCUT2D eigenvalue weighted by molar-refractivity contribution is -0.129. The number of rotatable bonds is 4. The molecule has 2 heterocycles. The number of nitrogens with zero attached hydrogens (tertiary/aromatic N) is 3. The number of carbonyl (C=O) groups excluding carboxylic acids is 1. The number of pyridine rings is 1. The largest absolute Gasteiger partial charge is 0.497 e. The van der Waals surface area contributed by atoms with Gasteiger partial charge in [0.05, 0.1) is 23.9 Å². The Balaban J connectivity index is 1.74. The lowest BCUT2D eigenvalue weighted by Crippen LogP contribution is -2.38. The van der Waals surface area contributed by atoms with Crippen LogP contribution in [0.4, 0.5) is 0 Å². The Bertz CT molecular complexity index is 823. The number of nitriles is 1. The van der Waals surface area contributed by atoms with Gasteiger partial charge < -0.3 is 9.64 Å². The number of carbonyl (C=O) groups is 1. The second kappa shape index (κ2) is 7.75. The number of methoxy groups -OCH3 is 1. The molecule has 1 aliphatic rings. The number of hydrogen-bond donors (Lipinski definition) is 0. The van der Waals surface area contributed by atoms with E-state index < -0.39 is 0 Å². The second-order valence-electron chi connectivity index (χ2n) is 6.36. The van der Waals surface area contributed by atoms with Gasteiger partial charge in [0.2, 0.25) is 5.91 Å². The van der Waals surface area contributed by atoms with Gasteiger partial charge in [0.15, 0.2) is 0 Å². The normalized spacial score (nSPS) is 15.2. The fraction of sp³-hybridized carbons (Fsp3) is 0.421. The van der Waals surface area contributed by atoms with Crippen molar-refractivity contribution in [2.24, 2.45) is 5.92 Å². The molecule has 1 aliphatic heterocycles. The number of thioether (sulfide) groups is 1. The van der Waals surface area contributed by atoms with Gasteiger partial charge in [0, 0.05) is 18.5 Å². The molecule has 130 valence electrons. The highest BCUT2D eigenvalue weighted by atomic mass is 32.2. The van der Waals surface area contributed by atoms with Crippen molar-refractivity contribution in [1.29, 1.82) is 5.26 Å². The summed E-state index contributed by atoms with van der Waals surface area (Å²) in [6, 6.07) is 9.56. The Morgan fingerprint density at radius 1 is 1.40 bits per heavy atom. The van der Waals surface area contributed by atoms with E-state index in [1.165, 1.54) is 11.8 Å². The van der Waals surface area contributed by atoms with Crippen molar-refractivity contribution in [2.45, 2.75) is 24.8 Å². The van der Waals surface area contributed by atoms with Gasteiger partial charge in [-0.1, -0.05) is 18.7 Å². The first kappa shape index (κ1) is 17.6. The minimum atomic E-state index is 0.123. The Morgan fingerprint density at radius 2 is 2.16 bits per heavy atom. The van der Waals surface area contributed by atoms with Gasteiger partial charge in [-0.2, -0.15) is 5.26 Å². The van der Waals surface area contributed by atoms with Crippen LogP contribution in [0, 0.1) is 17.2 Å². The van der Waals surface area contributed by atoms with Crippen LogP contribution < -0.4 is 4.74 Å². The standard InChI is InChI=1S/C19H21N3O2S/c1-13-5-7-22(8-6-13)18(23)12-25-19-15(11-20)9-14-10-16(24-2)3-4-17(14)21-19/h3-4,9-10,13H,5-8,12H2,1-2H3. The van der Waals surface area contributed by atoms with E-state index in [0.717, 1.165) is 42.6 Å². The summed E-state index contributed by atoms with van der Waals surface area (Å²) >= 11 is 1.34. The van der Waals surface area contributed by atoms with Crippen LogP contribution in [-0.2, 0) is 4.79 Å². The average Bonchev–Trinajstić information content (AvgIpc) is 2.65. The van der Waals surface area contributed by atoms with Crippen LogP contribution in [0.3, 0.4) is 0 Å². The van der Waals surface area contributed by atoms with Crippen LogP contribution in [-0.4, -0.2) is 41.7 Å². The molecule has 0 unspecified atom stereocenters. The third-order valence-electron chi connectivity index (χ3n) is 4.58. The van der Waals surface area contributed by atoms with Crippen molar-refractivity contribution in [1.82, 2.24) is 9.88 Å². The third-order valence-corrected chi connectivity index (χ3v) is 5.55. The van der Waals surface area contributed by atoms with E-state index >= 15 is 0 Å². The number of benzene rings is 1. The number of fused-ring (bicyclic) bond motifs is 1. The summed E-state index contributed by atoms with van der Waals surface area (Å²) in [5.41, 5.74) is 1.28. The Hall–Kier alpha value is -2.26. The Kier molecular flexibility index (Phi) is 5.44. The number of ether oxygens (including phenoxy) is 1. The van der Waals surface area contributed by atoms with Gasteiger partial charge in [-0.15, -0.1) is 0 Å². The molecule has 6 heteroatoms. The fourth-order valence-electron chi connectivity index (χ4n) is 2.93. The molecule has 0 N–H and O–H groups in total. The summed E-state index contributed by atoms with van der Waals surface area (Å²) in [5, 5.41) is 10.9. The molecule has 1 amide bonds. The van der Waals surface area contributed by atoms with Crippen LogP contribution in [0.2, 0.25) is 0 Å². The predicted molar refractivity (Wildman–Crippen MR) is 98.7 cm³/mol. The second-order valence-corrected chi connectivity index (χ2v) is 7.33. The van der Waals surface area contributed by atoms with E-state index in [1.807, 2.05) is 23.1 Å². The first-order valence-corrected chi connectivity index (χ1v) is 9.38. The molecule has 1 aromatic carbocycles. The molecule has 0 atom stereocenters. The van der Waals surface area contributed by atoms with Crippen LogP contribution in [0.5, 0.6) is 5.75 Å². The summed E-state index contributed by atoms with van der Waals surface area (Å²) in [7, 11) is 1.61. The number of aromatic nitrogens is 1. The summed E-state index contributed by atoms with van der Waals surface area (Å²) in [6.07, 6.45) is 2.13. The molecular formula is C19H21N3O2S. The molecule has 0 bridgehead atoms. The van der Waals surface area contributed by atoms with Gasteiger partial charge >= 0.3 is 0 Å². The van der Waals surface area contributed by atoms with Crippen molar-refractivity contribution >= 4 is 28.6 Å². The average molecular weight is 355 g/mol. The quantitative estimate of drug-likeness (QED) is 0.786. The number of amides is 1. The minimum Gasteiger partial charge on any atom is -0.497 e. The van der Waals surface area contributed by atoms with Gasteiger partial charge in [0.1, 0.15) is 16.8 Å². The zero-order valence-electron chi connectivity index (χ0n) is 14.5. The van der Waals surface area contributed by atoms with E-state index in [1.54, 1.807) is 13.2 Å². The summed E-state index contributed by atoms with van der Waals surface area (Å²) in [5.74, 6) is 1.86. The molecule has 1 saturated heterocycles. The van der Waals surface area contributed by atoms with E-state index in [-0.39, 0.29) is 5.91 Å². The van der Waals surface area contributed by atoms with Gasteiger partial charge in [-0.05, 0) is 43.0 Å². The minimum absolute atomic E-state index is 0.123. The molecule has 5 nitrogen and oxygen atoms in total. The van der Waals surface area contributed by atoms with Crippen LogP contribution in [0.1, 0.15) is 25.3 Å². The van der Waals surface area contributed by atoms with Crippen LogP contribution in [0.25, 0.3) is 10.9 Å². The lowest BCUT2D eigenvalue weighted by atomic mass is 9.99. The molecular weight excluding hydrogens is 334 g/mol. The molecule has 1 fully saturated rings. The lowest BCUT2D eigenvalue weighted by Gasteiger charge is -2.30. The SMILES string of the molecule is COc1ccc2nc(SCC(=O)N3CCC(C)CC3)c(C#N)cc2c1. The topological polar surface area (TPSA) is 66.2 Å². The van der Waals surface area contributed by atoms with E-state index in [2.05, 4.69) is 18.0 Å². The smallest absolute Gasteiger partial charge is 0.232 e. The zero-order valence-corrected chi connectivity index (χ0v) is 15.3. The van der Waals surface area contributed by atoms with Crippen molar-refractivity contribution in [2.75, 3.05) is 26.0 Å². The van der Waals surface area contributed by atoms with E-state index in [0.29, 0.717) is 22.3 Å². The van der Waals surface area contributed by atoms with Crippen LogP contribution in [0.15, 0.2) is 29.3 Å². The first-order chi connectivity index (χ1) is 12.1. The van der Waals surface area contributed by atoms with Crippen molar-refractivity contribution < 1.29 is 9.53 Å². The molecule has 1 aromatic heterocycles. The predicted octanol–water partition coefficient (Wildman–Crippen LogP) is 3.47. The molecule has 0 radical (unpaired) electrons. The van der Waals surface area contributed by atoms with Crippen molar-refractivity contribution in [3.05, 3.63) is 29.8 Å². The molecule has 25 heavy (non-hydrogen) atoms. The maximum Gasteiger partial charge on any atom is 0.232 e.